The number of nitrogens with zero attached hydrogens (tertiary/aromatic N) is 2. The fraction of sp³-hybridized carbons (Fsp3) is 0.125. The Bertz CT molecular complexity index is 1050. The van der Waals surface area contributed by atoms with Crippen LogP contribution >= 0.6 is 12.4 Å². The van der Waals surface area contributed by atoms with E-state index in [2.05, 4.69) is 82.3 Å². The average Bonchev–Trinajstić information content (AvgIpc) is 3.38. The summed E-state index contributed by atoms with van der Waals surface area (Å²) in [6.45, 7) is 1.33. The highest BCUT2D eigenvalue weighted by Gasteiger charge is 2.42. The Labute approximate surface area is 171 Å². The van der Waals surface area contributed by atoms with E-state index in [-0.39, 0.29) is 12.4 Å². The molecule has 3 aromatic carbocycles. The van der Waals surface area contributed by atoms with Crippen molar-refractivity contribution < 1.29 is 4.74 Å². The first-order valence-corrected chi connectivity index (χ1v) is 9.19. The molecule has 1 aliphatic heterocycles. The largest absolute Gasteiger partial charge is 0.359 e. The SMILES string of the molecule is Cl.c1ccc(-c2ccc(C3(Cn4ccnc4)OCc4ccccc43)cc2)cc1. The van der Waals surface area contributed by atoms with E-state index in [9.17, 15) is 0 Å². The van der Waals surface area contributed by atoms with Crippen molar-refractivity contribution in [1.82, 2.24) is 9.55 Å². The topological polar surface area (TPSA) is 27.1 Å². The minimum Gasteiger partial charge on any atom is -0.359 e. The van der Waals surface area contributed by atoms with Crippen molar-refractivity contribution >= 4 is 12.4 Å². The number of hydrogen-bond donors (Lipinski definition) is 0. The summed E-state index contributed by atoms with van der Waals surface area (Å²) in [6, 6.07) is 27.7. The van der Waals surface area contributed by atoms with Gasteiger partial charge in [0, 0.05) is 12.4 Å². The lowest BCUT2D eigenvalue weighted by Crippen LogP contribution is -2.32. The number of fused-ring (bicyclic) bond motifs is 1. The van der Waals surface area contributed by atoms with Crippen molar-refractivity contribution in [1.29, 1.82) is 0 Å². The normalized spacial score (nSPS) is 17.7. The zero-order valence-electron chi connectivity index (χ0n) is 15.4. The summed E-state index contributed by atoms with van der Waals surface area (Å²) in [4.78, 5) is 4.21. The second-order valence-corrected chi connectivity index (χ2v) is 6.95. The Hall–Kier alpha value is -2.88. The summed E-state index contributed by atoms with van der Waals surface area (Å²) < 4.78 is 8.56. The number of hydrogen-bond acceptors (Lipinski definition) is 2. The molecule has 4 heteroatoms. The van der Waals surface area contributed by atoms with Crippen LogP contribution in [0.2, 0.25) is 0 Å². The minimum absolute atomic E-state index is 0. The van der Waals surface area contributed by atoms with Crippen LogP contribution in [-0.2, 0) is 23.5 Å². The number of halogens is 1. The van der Waals surface area contributed by atoms with Gasteiger partial charge >= 0.3 is 0 Å². The number of imidazole rings is 1. The molecule has 2 heterocycles. The molecule has 0 saturated heterocycles. The van der Waals surface area contributed by atoms with Crippen molar-refractivity contribution in [2.75, 3.05) is 0 Å². The van der Waals surface area contributed by atoms with Crippen LogP contribution in [0, 0.1) is 0 Å². The molecule has 0 N–H and O–H groups in total. The Balaban J connectivity index is 0.00000192. The van der Waals surface area contributed by atoms with Crippen LogP contribution in [0.15, 0.2) is 97.6 Å². The zero-order chi connectivity index (χ0) is 18.1. The second-order valence-electron chi connectivity index (χ2n) is 6.95. The van der Waals surface area contributed by atoms with Crippen LogP contribution in [0.5, 0.6) is 0 Å². The van der Waals surface area contributed by atoms with Gasteiger partial charge in [0.25, 0.3) is 0 Å². The summed E-state index contributed by atoms with van der Waals surface area (Å²) in [6.07, 6.45) is 5.65. The molecule has 1 aliphatic rings. The molecular formula is C24H21ClN2O. The summed E-state index contributed by atoms with van der Waals surface area (Å²) in [5.41, 5.74) is 5.60. The third-order valence-electron chi connectivity index (χ3n) is 5.35. The fourth-order valence-corrected chi connectivity index (χ4v) is 3.98. The van der Waals surface area contributed by atoms with Crippen LogP contribution in [0.3, 0.4) is 0 Å². The van der Waals surface area contributed by atoms with Crippen LogP contribution in [0.1, 0.15) is 16.7 Å². The smallest absolute Gasteiger partial charge is 0.137 e. The van der Waals surface area contributed by atoms with Crippen molar-refractivity contribution in [2.24, 2.45) is 0 Å². The maximum absolute atomic E-state index is 6.47. The first kappa shape index (κ1) is 18.5. The maximum Gasteiger partial charge on any atom is 0.137 e. The lowest BCUT2D eigenvalue weighted by atomic mass is 9.84. The Morgan fingerprint density at radius 2 is 1.57 bits per heavy atom. The van der Waals surface area contributed by atoms with Gasteiger partial charge in [-0.3, -0.25) is 0 Å². The highest BCUT2D eigenvalue weighted by Crippen LogP contribution is 2.43. The van der Waals surface area contributed by atoms with Gasteiger partial charge < -0.3 is 9.30 Å². The fourth-order valence-electron chi connectivity index (χ4n) is 3.98. The van der Waals surface area contributed by atoms with E-state index in [0.29, 0.717) is 13.2 Å². The van der Waals surface area contributed by atoms with Gasteiger partial charge in [-0.2, -0.15) is 0 Å². The van der Waals surface area contributed by atoms with Gasteiger partial charge in [-0.05, 0) is 27.8 Å². The molecule has 4 aromatic rings. The molecule has 28 heavy (non-hydrogen) atoms. The monoisotopic (exact) mass is 388 g/mol. The van der Waals surface area contributed by atoms with Gasteiger partial charge in [-0.25, -0.2) is 4.98 Å². The molecule has 0 spiro atoms. The Morgan fingerprint density at radius 3 is 2.32 bits per heavy atom. The molecule has 1 aromatic heterocycles. The average molecular weight is 389 g/mol. The quantitative estimate of drug-likeness (QED) is 0.465. The van der Waals surface area contributed by atoms with Crippen LogP contribution in [0.25, 0.3) is 11.1 Å². The second kappa shape index (κ2) is 7.63. The Kier molecular flexibility index (Phi) is 5.03. The van der Waals surface area contributed by atoms with Gasteiger partial charge in [0.05, 0.1) is 19.5 Å². The van der Waals surface area contributed by atoms with Crippen molar-refractivity contribution in [3.8, 4) is 11.1 Å². The molecule has 3 nitrogen and oxygen atoms in total. The van der Waals surface area contributed by atoms with Crippen molar-refractivity contribution in [2.45, 2.75) is 18.8 Å². The third-order valence-corrected chi connectivity index (χ3v) is 5.35. The highest BCUT2D eigenvalue weighted by atomic mass is 35.5. The van der Waals surface area contributed by atoms with Gasteiger partial charge in [0.2, 0.25) is 0 Å². The molecule has 140 valence electrons. The summed E-state index contributed by atoms with van der Waals surface area (Å²) >= 11 is 0. The predicted octanol–water partition coefficient (Wildman–Crippen LogP) is 5.45. The van der Waals surface area contributed by atoms with Crippen molar-refractivity contribution in [3.63, 3.8) is 0 Å². The molecule has 0 fully saturated rings. The standard InChI is InChI=1S/C24H20N2O.ClH/c1-2-6-19(7-3-1)20-10-12-22(13-11-20)24(17-26-15-14-25-18-26)23-9-5-4-8-21(23)16-27-24;/h1-15,18H,16-17H2;1H. The minimum atomic E-state index is -0.494. The highest BCUT2D eigenvalue weighted by molar-refractivity contribution is 5.85. The van der Waals surface area contributed by atoms with Gasteiger partial charge in [-0.1, -0.05) is 78.9 Å². The summed E-state index contributed by atoms with van der Waals surface area (Å²) in [7, 11) is 0. The third kappa shape index (κ3) is 3.13. The summed E-state index contributed by atoms with van der Waals surface area (Å²) in [5, 5.41) is 0. The van der Waals surface area contributed by atoms with E-state index in [1.54, 1.807) is 0 Å². The van der Waals surface area contributed by atoms with E-state index in [0.717, 1.165) is 0 Å². The van der Waals surface area contributed by atoms with Crippen LogP contribution < -0.4 is 0 Å². The van der Waals surface area contributed by atoms with E-state index < -0.39 is 5.60 Å². The lowest BCUT2D eigenvalue weighted by molar-refractivity contribution is -0.0180. The molecule has 1 atom stereocenters. The molecule has 1 unspecified atom stereocenters. The van der Waals surface area contributed by atoms with Gasteiger partial charge in [-0.15, -0.1) is 12.4 Å². The van der Waals surface area contributed by atoms with Gasteiger partial charge in [0.15, 0.2) is 0 Å². The van der Waals surface area contributed by atoms with Crippen LogP contribution in [-0.4, -0.2) is 9.55 Å². The molecule has 0 bridgehead atoms. The summed E-state index contributed by atoms with van der Waals surface area (Å²) in [5.74, 6) is 0. The van der Waals surface area contributed by atoms with E-state index in [4.69, 9.17) is 4.74 Å². The molecule has 0 saturated carbocycles. The predicted molar refractivity (Wildman–Crippen MR) is 113 cm³/mol. The van der Waals surface area contributed by atoms with E-state index >= 15 is 0 Å². The Morgan fingerprint density at radius 1 is 0.857 bits per heavy atom. The molecule has 5 rings (SSSR count). The molecule has 0 amide bonds. The van der Waals surface area contributed by atoms with Crippen LogP contribution in [0.4, 0.5) is 0 Å². The first-order chi connectivity index (χ1) is 13.4. The molecule has 0 aliphatic carbocycles. The van der Waals surface area contributed by atoms with Gasteiger partial charge in [0.1, 0.15) is 5.60 Å². The first-order valence-electron chi connectivity index (χ1n) is 9.19. The maximum atomic E-state index is 6.47. The molecule has 0 radical (unpaired) electrons. The van der Waals surface area contributed by atoms with E-state index in [1.807, 2.05) is 24.8 Å². The number of ether oxygens (including phenoxy) is 1. The van der Waals surface area contributed by atoms with Crippen molar-refractivity contribution in [3.05, 3.63) is 114 Å². The number of benzene rings is 3. The zero-order valence-corrected chi connectivity index (χ0v) is 16.2. The number of aromatic nitrogens is 2. The van der Waals surface area contributed by atoms with E-state index in [1.165, 1.54) is 27.8 Å². The molecular weight excluding hydrogens is 368 g/mol. The number of rotatable bonds is 4. The lowest BCUT2D eigenvalue weighted by Gasteiger charge is -2.31.